The smallest absolute Gasteiger partial charge is 0.191 e. The summed E-state index contributed by atoms with van der Waals surface area (Å²) in [6, 6.07) is 5.82. The van der Waals surface area contributed by atoms with Crippen LogP contribution in [-0.2, 0) is 15.8 Å². The Bertz CT molecular complexity index is 707. The van der Waals surface area contributed by atoms with E-state index in [4.69, 9.17) is 4.43 Å². The van der Waals surface area contributed by atoms with Gasteiger partial charge in [0.05, 0.1) is 5.69 Å². The Morgan fingerprint density at radius 2 is 1.86 bits per heavy atom. The van der Waals surface area contributed by atoms with E-state index in [1.165, 1.54) is 0 Å². The highest BCUT2D eigenvalue weighted by Gasteiger charge is 2.41. The fourth-order valence-electron chi connectivity index (χ4n) is 2.75. The van der Waals surface area contributed by atoms with Gasteiger partial charge in [-0.25, -0.2) is 4.98 Å². The Morgan fingerprint density at radius 1 is 1.25 bits per heavy atom. The molecular formula is C21H35BrN2O2SSi. The van der Waals surface area contributed by atoms with Crippen molar-refractivity contribution in [1.29, 1.82) is 0 Å². The maximum atomic E-state index is 12.7. The molecule has 1 aromatic rings. The van der Waals surface area contributed by atoms with Gasteiger partial charge in [0.2, 0.25) is 0 Å². The van der Waals surface area contributed by atoms with Gasteiger partial charge in [0.1, 0.15) is 26.4 Å². The molecule has 0 radical (unpaired) electrons. The summed E-state index contributed by atoms with van der Waals surface area (Å²) in [5, 5.41) is 0.229. The maximum absolute atomic E-state index is 12.7. The van der Waals surface area contributed by atoms with E-state index in [0.717, 1.165) is 35.5 Å². The van der Waals surface area contributed by atoms with Crippen LogP contribution in [0.4, 0.5) is 0 Å². The van der Waals surface area contributed by atoms with Gasteiger partial charge in [-0.1, -0.05) is 31.2 Å². The van der Waals surface area contributed by atoms with Crippen LogP contribution in [0.25, 0.3) is 0 Å². The molecule has 2 rings (SSSR count). The predicted octanol–water partition coefficient (Wildman–Crippen LogP) is 6.14. The van der Waals surface area contributed by atoms with Gasteiger partial charge in [0, 0.05) is 12.5 Å². The van der Waals surface area contributed by atoms with Crippen molar-refractivity contribution in [1.82, 2.24) is 4.98 Å². The first-order valence-corrected chi connectivity index (χ1v) is 14.8. The van der Waals surface area contributed by atoms with Crippen LogP contribution in [0.3, 0.4) is 0 Å². The number of hydrogen-bond acceptors (Lipinski definition) is 4. The van der Waals surface area contributed by atoms with Crippen molar-refractivity contribution in [3.8, 4) is 0 Å². The largest absolute Gasteiger partial charge is 0.591 e. The molecule has 0 spiro atoms. The first-order chi connectivity index (χ1) is 12.7. The van der Waals surface area contributed by atoms with Crippen LogP contribution in [0, 0.1) is 11.8 Å². The SMILES string of the molecule is CC(C)(C)[S+]([O-])/N=C(\c1cccc(Br)n1)C1CC(CO[Si](C)(C)C(C)(C)C)C1. The molecule has 0 aliphatic heterocycles. The monoisotopic (exact) mass is 486 g/mol. The van der Waals surface area contributed by atoms with Crippen LogP contribution in [0.1, 0.15) is 60.1 Å². The third-order valence-electron chi connectivity index (χ3n) is 5.79. The summed E-state index contributed by atoms with van der Waals surface area (Å²) in [5.41, 5.74) is 1.69. The molecule has 0 bridgehead atoms. The molecule has 1 unspecified atom stereocenters. The summed E-state index contributed by atoms with van der Waals surface area (Å²) < 4.78 is 24.1. The number of hydrogen-bond donors (Lipinski definition) is 0. The van der Waals surface area contributed by atoms with Crippen molar-refractivity contribution < 1.29 is 8.98 Å². The van der Waals surface area contributed by atoms with Gasteiger partial charge in [-0.15, -0.1) is 0 Å². The lowest BCUT2D eigenvalue weighted by molar-refractivity contribution is 0.143. The summed E-state index contributed by atoms with van der Waals surface area (Å²) in [7, 11) is -1.72. The van der Waals surface area contributed by atoms with Crippen molar-refractivity contribution >= 4 is 41.3 Å². The fraction of sp³-hybridized carbons (Fsp3) is 0.714. The third-order valence-corrected chi connectivity index (χ3v) is 12.1. The minimum atomic E-state index is -1.72. The van der Waals surface area contributed by atoms with Crippen molar-refractivity contribution in [3.05, 3.63) is 28.5 Å². The van der Waals surface area contributed by atoms with Crippen LogP contribution in [0.5, 0.6) is 0 Å². The van der Waals surface area contributed by atoms with Crippen LogP contribution in [-0.4, -0.2) is 34.9 Å². The fourth-order valence-corrected chi connectivity index (χ4v) is 4.87. The first kappa shape index (κ1) is 24.1. The lowest BCUT2D eigenvalue weighted by Gasteiger charge is -2.41. The normalized spacial score (nSPS) is 22.7. The summed E-state index contributed by atoms with van der Waals surface area (Å²) in [4.78, 5) is 4.58. The van der Waals surface area contributed by atoms with Gasteiger partial charge in [-0.2, -0.15) is 0 Å². The highest BCUT2D eigenvalue weighted by Crippen LogP contribution is 2.41. The van der Waals surface area contributed by atoms with E-state index in [9.17, 15) is 4.55 Å². The average Bonchev–Trinajstić information content (AvgIpc) is 2.49. The number of rotatable bonds is 6. The molecule has 1 fully saturated rings. The second-order valence-corrected chi connectivity index (χ2v) is 17.8. The van der Waals surface area contributed by atoms with Crippen molar-refractivity contribution in [2.45, 2.75) is 77.3 Å². The molecule has 7 heteroatoms. The minimum Gasteiger partial charge on any atom is -0.591 e. The van der Waals surface area contributed by atoms with Gasteiger partial charge in [-0.3, -0.25) is 0 Å². The average molecular weight is 488 g/mol. The van der Waals surface area contributed by atoms with Crippen molar-refractivity contribution in [3.63, 3.8) is 0 Å². The second kappa shape index (κ2) is 8.88. The molecule has 1 heterocycles. The van der Waals surface area contributed by atoms with Crippen molar-refractivity contribution in [2.75, 3.05) is 6.61 Å². The van der Waals surface area contributed by atoms with Crippen LogP contribution in [0.2, 0.25) is 18.1 Å². The molecule has 1 aliphatic carbocycles. The number of nitrogens with zero attached hydrogens (tertiary/aromatic N) is 2. The highest BCUT2D eigenvalue weighted by molar-refractivity contribution is 9.10. The van der Waals surface area contributed by atoms with Crippen molar-refractivity contribution in [2.24, 2.45) is 16.2 Å². The molecule has 4 nitrogen and oxygen atoms in total. The summed E-state index contributed by atoms with van der Waals surface area (Å²) in [5.74, 6) is 0.834. The molecule has 0 aromatic carbocycles. The van der Waals surface area contributed by atoms with E-state index in [-0.39, 0.29) is 9.79 Å². The molecule has 0 amide bonds. The molecule has 1 saturated carbocycles. The number of aromatic nitrogens is 1. The minimum absolute atomic E-state index is 0.229. The second-order valence-electron chi connectivity index (χ2n) is 10.3. The predicted molar refractivity (Wildman–Crippen MR) is 126 cm³/mol. The summed E-state index contributed by atoms with van der Waals surface area (Å²) in [6.07, 6.45) is 2.03. The molecule has 1 aromatic heterocycles. The van der Waals surface area contributed by atoms with Gasteiger partial charge >= 0.3 is 0 Å². The molecule has 1 atom stereocenters. The summed E-state index contributed by atoms with van der Waals surface area (Å²) >= 11 is 2.15. The highest BCUT2D eigenvalue weighted by atomic mass is 79.9. The van der Waals surface area contributed by atoms with Gasteiger partial charge in [-0.05, 0) is 85.7 Å². The Hall–Kier alpha value is -0.213. The lowest BCUT2D eigenvalue weighted by atomic mass is 9.72. The van der Waals surface area contributed by atoms with Crippen LogP contribution < -0.4 is 0 Å². The zero-order chi connectivity index (χ0) is 21.3. The zero-order valence-corrected chi connectivity index (χ0v) is 21.9. The van der Waals surface area contributed by atoms with Gasteiger partial charge in [0.25, 0.3) is 0 Å². The zero-order valence-electron chi connectivity index (χ0n) is 18.5. The van der Waals surface area contributed by atoms with Gasteiger partial charge in [0.15, 0.2) is 8.32 Å². The topological polar surface area (TPSA) is 57.5 Å². The Labute approximate surface area is 183 Å². The number of halogens is 1. The van der Waals surface area contributed by atoms with E-state index in [1.807, 2.05) is 39.0 Å². The lowest BCUT2D eigenvalue weighted by Crippen LogP contribution is -2.44. The van der Waals surface area contributed by atoms with Crippen LogP contribution in [0.15, 0.2) is 27.2 Å². The molecular weight excluding hydrogens is 452 g/mol. The van der Waals surface area contributed by atoms with E-state index in [0.29, 0.717) is 11.8 Å². The molecule has 28 heavy (non-hydrogen) atoms. The molecule has 1 aliphatic rings. The molecule has 0 saturated heterocycles. The Balaban J connectivity index is 2.10. The standard InChI is InChI=1S/C21H35BrN2O2SSi/c1-20(2,3)27(25)24-19(17-10-9-11-18(22)23-17)16-12-15(13-16)14-26-28(7,8)21(4,5)6/h9-11,15-16H,12-14H2,1-8H3/b24-19-. The van der Waals surface area contributed by atoms with E-state index in [1.54, 1.807) is 0 Å². The van der Waals surface area contributed by atoms with E-state index in [2.05, 4.69) is 59.2 Å². The van der Waals surface area contributed by atoms with E-state index >= 15 is 0 Å². The maximum Gasteiger partial charge on any atom is 0.191 e. The molecule has 0 N–H and O–H groups in total. The van der Waals surface area contributed by atoms with E-state index < -0.39 is 19.7 Å². The van der Waals surface area contributed by atoms with Gasteiger partial charge < -0.3 is 8.98 Å². The Morgan fingerprint density at radius 3 is 2.36 bits per heavy atom. The quantitative estimate of drug-likeness (QED) is 0.210. The number of pyridine rings is 1. The van der Waals surface area contributed by atoms with Crippen LogP contribution >= 0.6 is 15.9 Å². The Kier molecular flexibility index (Phi) is 7.63. The molecule has 158 valence electrons. The summed E-state index contributed by atoms with van der Waals surface area (Å²) in [6.45, 7) is 18.1. The third kappa shape index (κ3) is 6.14. The first-order valence-electron chi connectivity index (χ1n) is 9.98.